The van der Waals surface area contributed by atoms with Crippen LogP contribution in [0.1, 0.15) is 0 Å². The average molecular weight is 314 g/mol. The Labute approximate surface area is 54.3 Å². The molecule has 0 heterocycles. The molecule has 0 unspecified atom stereocenters. The van der Waals surface area contributed by atoms with Crippen molar-refractivity contribution < 1.29 is 45.2 Å². The molecule has 0 saturated carbocycles. The van der Waals surface area contributed by atoms with Crippen LogP contribution in [0.5, 0.6) is 0 Å². The van der Waals surface area contributed by atoms with Crippen LogP contribution in [0.4, 0.5) is 0 Å². The minimum Gasteiger partial charge on any atom is -0.672 e. The molecule has 0 aromatic rings. The number of hydrogen-bond acceptors (Lipinski definition) is 3. The van der Waals surface area contributed by atoms with Crippen LogP contribution in [0.2, 0.25) is 0 Å². The largest absolute Gasteiger partial charge is 2.00 e. The van der Waals surface area contributed by atoms with Crippen LogP contribution in [0.3, 0.4) is 0 Å². The summed E-state index contributed by atoms with van der Waals surface area (Å²) in [7, 11) is -3.63. The van der Waals surface area contributed by atoms with E-state index < -0.39 is 9.17 Å². The van der Waals surface area contributed by atoms with Crippen LogP contribution in [0.25, 0.3) is 0 Å². The molecule has 5 heteroatoms. The van der Waals surface area contributed by atoms with E-state index in [-0.39, 0.29) is 31.1 Å². The third kappa shape index (κ3) is 74.3. The summed E-state index contributed by atoms with van der Waals surface area (Å²) in [5, 5.41) is 0. The van der Waals surface area contributed by atoms with E-state index in [1.165, 1.54) is 0 Å². The van der Waals surface area contributed by atoms with Gasteiger partial charge in [-0.2, -0.15) is 0 Å². The third-order valence-corrected chi connectivity index (χ3v) is 0. The first-order valence-electron chi connectivity index (χ1n) is 0.612. The fourth-order valence-corrected chi connectivity index (χ4v) is 0. The number of hydrogen-bond donors (Lipinski definition) is 0. The molecule has 0 aromatic heterocycles. The van der Waals surface area contributed by atoms with Crippen LogP contribution in [-0.4, -0.2) is 9.17 Å². The van der Waals surface area contributed by atoms with Crippen molar-refractivity contribution in [2.24, 2.45) is 0 Å². The molecule has 0 amide bonds. The van der Waals surface area contributed by atoms with Gasteiger partial charge in [0.05, 0.1) is 0 Å². The van der Waals surface area contributed by atoms with Crippen molar-refractivity contribution in [1.82, 2.24) is 0 Å². The maximum Gasteiger partial charge on any atom is 2.00 e. The molecule has 26 valence electrons. The van der Waals surface area contributed by atoms with Crippen LogP contribution in [0, 0.1) is 31.1 Å². The molecule has 0 atom stereocenters. The number of rotatable bonds is 0. The van der Waals surface area contributed by atoms with Gasteiger partial charge in [0.1, 0.15) is 0 Å². The second-order valence-electron chi connectivity index (χ2n) is 0.250. The Morgan fingerprint density at radius 1 is 1.40 bits per heavy atom. The molecule has 0 aliphatic carbocycles. The van der Waals surface area contributed by atoms with E-state index in [9.17, 15) is 0 Å². The van der Waals surface area contributed by atoms with Gasteiger partial charge in [-0.1, -0.05) is 0 Å². The van der Waals surface area contributed by atoms with Crippen LogP contribution in [0.15, 0.2) is 0 Å². The van der Waals surface area contributed by atoms with Crippen LogP contribution >= 0.6 is 0 Å². The Morgan fingerprint density at radius 2 is 1.40 bits per heavy atom. The summed E-state index contributed by atoms with van der Waals surface area (Å²) in [5.74, 6) is 0. The van der Waals surface area contributed by atoms with Gasteiger partial charge in [-0.25, -0.2) is 0 Å². The van der Waals surface area contributed by atoms with Crippen LogP contribution < -0.4 is 9.59 Å². The van der Waals surface area contributed by atoms with E-state index >= 15 is 0 Å². The standard InChI is InChI=1S/O3Si.U/c1-4(2)3;/q-2;+2. The average Bonchev–Trinajstić information content (AvgIpc) is 0.811. The molecule has 0 aliphatic heterocycles. The Bertz CT molecular complexity index is 29.9. The summed E-state index contributed by atoms with van der Waals surface area (Å²) in [6.45, 7) is 0. The monoisotopic (exact) mass is 314 g/mol. The summed E-state index contributed by atoms with van der Waals surface area (Å²) < 4.78 is 8.52. The van der Waals surface area contributed by atoms with Gasteiger partial charge in [-0.15, -0.1) is 0 Å². The quantitative estimate of drug-likeness (QED) is 0.451. The van der Waals surface area contributed by atoms with Crippen LogP contribution in [-0.2, 0) is 4.46 Å². The summed E-state index contributed by atoms with van der Waals surface area (Å²) in [6, 6.07) is 0. The first kappa shape index (κ1) is 9.18. The molecule has 0 N–H and O–H groups in total. The predicted octanol–water partition coefficient (Wildman–Crippen LogP) is -2.88. The van der Waals surface area contributed by atoms with E-state index in [4.69, 9.17) is 14.1 Å². The Balaban J connectivity index is 0. The predicted molar refractivity (Wildman–Crippen MR) is 6.44 cm³/mol. The van der Waals surface area contributed by atoms with Crippen molar-refractivity contribution in [1.29, 1.82) is 0 Å². The minimum absolute atomic E-state index is 0. The normalized spacial score (nSPS) is 4.80. The zero-order chi connectivity index (χ0) is 3.58. The van der Waals surface area contributed by atoms with Crippen molar-refractivity contribution in [2.75, 3.05) is 0 Å². The Morgan fingerprint density at radius 3 is 1.40 bits per heavy atom. The molecule has 0 aromatic carbocycles. The molecule has 0 rings (SSSR count). The van der Waals surface area contributed by atoms with Crippen molar-refractivity contribution in [3.8, 4) is 0 Å². The maximum absolute atomic E-state index is 8.52. The summed E-state index contributed by atoms with van der Waals surface area (Å²) in [5.41, 5.74) is 0. The van der Waals surface area contributed by atoms with Crippen molar-refractivity contribution in [2.45, 2.75) is 0 Å². The van der Waals surface area contributed by atoms with Gasteiger partial charge in [-0.05, 0) is 0 Å². The summed E-state index contributed by atoms with van der Waals surface area (Å²) in [6.07, 6.45) is 0. The fraction of sp³-hybridized carbons (Fsp3) is 0. The second kappa shape index (κ2) is 4.67. The Kier molecular flexibility index (Phi) is 8.57. The fourth-order valence-electron chi connectivity index (χ4n) is 0. The summed E-state index contributed by atoms with van der Waals surface area (Å²) >= 11 is 0. The topological polar surface area (TPSA) is 63.2 Å². The van der Waals surface area contributed by atoms with Gasteiger partial charge in [-0.3, -0.25) is 0 Å². The van der Waals surface area contributed by atoms with Gasteiger partial charge in [0, 0.05) is 9.17 Å². The van der Waals surface area contributed by atoms with E-state index in [2.05, 4.69) is 0 Å². The third-order valence-electron chi connectivity index (χ3n) is 0. The van der Waals surface area contributed by atoms with Gasteiger partial charge >= 0.3 is 31.1 Å². The first-order chi connectivity index (χ1) is 1.73. The van der Waals surface area contributed by atoms with Gasteiger partial charge in [0.2, 0.25) is 0 Å². The van der Waals surface area contributed by atoms with Crippen molar-refractivity contribution in [3.63, 3.8) is 0 Å². The molecule has 0 aliphatic rings. The van der Waals surface area contributed by atoms with E-state index in [0.29, 0.717) is 0 Å². The SMILES string of the molecule is O=[Si]([O-])[O-].[U+2]. The van der Waals surface area contributed by atoms with E-state index in [1.807, 2.05) is 0 Å². The molecule has 3 nitrogen and oxygen atoms in total. The molecular formula is O3SiU. The Hall–Kier alpha value is 0.669. The summed E-state index contributed by atoms with van der Waals surface area (Å²) in [4.78, 5) is 17.0. The molecule has 0 saturated heterocycles. The molecule has 0 bridgehead atoms. The van der Waals surface area contributed by atoms with Gasteiger partial charge in [0.25, 0.3) is 0 Å². The first-order valence-corrected chi connectivity index (χ1v) is 1.84. The second-order valence-corrected chi connectivity index (χ2v) is 0.750. The smallest absolute Gasteiger partial charge is 0.672 e. The molecular weight excluding hydrogens is 314 g/mol. The van der Waals surface area contributed by atoms with E-state index in [1.54, 1.807) is 0 Å². The van der Waals surface area contributed by atoms with Gasteiger partial charge < -0.3 is 14.1 Å². The molecule has 0 radical (unpaired) electrons. The minimum atomic E-state index is -3.63. The molecule has 0 fully saturated rings. The van der Waals surface area contributed by atoms with Crippen molar-refractivity contribution >= 4 is 9.17 Å². The zero-order valence-electron chi connectivity index (χ0n) is 2.22. The molecule has 0 spiro atoms. The van der Waals surface area contributed by atoms with E-state index in [0.717, 1.165) is 0 Å². The zero-order valence-corrected chi connectivity index (χ0v) is 7.39. The van der Waals surface area contributed by atoms with Gasteiger partial charge in [0.15, 0.2) is 0 Å². The maximum atomic E-state index is 8.52. The van der Waals surface area contributed by atoms with Crippen molar-refractivity contribution in [3.05, 3.63) is 0 Å². The molecule has 5 heavy (non-hydrogen) atoms.